The van der Waals surface area contributed by atoms with Crippen LogP contribution in [0.5, 0.6) is 5.75 Å². The molecule has 0 unspecified atom stereocenters. The van der Waals surface area contributed by atoms with Gasteiger partial charge in [0.2, 0.25) is 0 Å². The molecule has 0 atom stereocenters. The van der Waals surface area contributed by atoms with Crippen LogP contribution in [0.15, 0.2) is 42.5 Å². The zero-order chi connectivity index (χ0) is 21.9. The van der Waals surface area contributed by atoms with Crippen LogP contribution in [0.25, 0.3) is 10.4 Å². The minimum atomic E-state index is 0. The molecule has 2 fully saturated rings. The second kappa shape index (κ2) is 11.4. The van der Waals surface area contributed by atoms with Crippen LogP contribution in [-0.4, -0.2) is 41.1 Å². The number of phenols is 1. The van der Waals surface area contributed by atoms with E-state index in [1.165, 1.54) is 47.3 Å². The number of rotatable bonds is 7. The van der Waals surface area contributed by atoms with E-state index >= 15 is 0 Å². The number of phenolic OH excluding ortho intramolecular Hbond substituents is 1. The number of likely N-dealkylation sites (tertiary alicyclic amines) is 2. The lowest BCUT2D eigenvalue weighted by Crippen LogP contribution is -2.20. The second-order valence-corrected chi connectivity index (χ2v) is 11.9. The Labute approximate surface area is 215 Å². The molecule has 7 heteroatoms. The largest absolute Gasteiger partial charge is 0.507 e. The number of hydrogen-bond acceptors (Lipinski definition) is 6. The fourth-order valence-corrected chi connectivity index (χ4v) is 7.84. The molecular weight excluding hydrogens is 488 g/mol. The molecular formula is C26H31ClN2OS3. The first-order valence-corrected chi connectivity index (χ1v) is 14.2. The highest BCUT2D eigenvalue weighted by Gasteiger charge is 2.21. The summed E-state index contributed by atoms with van der Waals surface area (Å²) in [5.41, 5.74) is 5.89. The van der Waals surface area contributed by atoms with Crippen LogP contribution in [0.4, 0.5) is 0 Å². The third-order valence-corrected chi connectivity index (χ3v) is 9.85. The van der Waals surface area contributed by atoms with Crippen LogP contribution in [0.2, 0.25) is 0 Å². The molecule has 1 aromatic heterocycles. The summed E-state index contributed by atoms with van der Waals surface area (Å²) in [6, 6.07) is 15.1. The van der Waals surface area contributed by atoms with Crippen molar-refractivity contribution in [1.29, 1.82) is 0 Å². The van der Waals surface area contributed by atoms with Gasteiger partial charge in [0.05, 0.1) is 4.88 Å². The molecule has 33 heavy (non-hydrogen) atoms. The summed E-state index contributed by atoms with van der Waals surface area (Å²) in [7, 11) is 3.49. The summed E-state index contributed by atoms with van der Waals surface area (Å²) in [4.78, 5) is 6.21. The van der Waals surface area contributed by atoms with E-state index in [0.29, 0.717) is 5.75 Å². The van der Waals surface area contributed by atoms with Crippen molar-refractivity contribution >= 4 is 45.3 Å². The van der Waals surface area contributed by atoms with Gasteiger partial charge in [0.1, 0.15) is 9.57 Å². The molecule has 2 aliphatic rings. The van der Waals surface area contributed by atoms with Gasteiger partial charge in [-0.1, -0.05) is 63.2 Å². The Morgan fingerprint density at radius 3 is 1.91 bits per heavy atom. The fourth-order valence-electron chi connectivity index (χ4n) is 4.94. The van der Waals surface area contributed by atoms with Crippen LogP contribution in [0.3, 0.4) is 0 Å². The summed E-state index contributed by atoms with van der Waals surface area (Å²) >= 11 is 5.76. The molecule has 2 aliphatic heterocycles. The van der Waals surface area contributed by atoms with Gasteiger partial charge in [0, 0.05) is 36.2 Å². The quantitative estimate of drug-likeness (QED) is 0.266. The summed E-state index contributed by atoms with van der Waals surface area (Å²) in [5.74, 6) is 0.496. The molecule has 176 valence electrons. The number of hydrogen-bond donors (Lipinski definition) is 1. The first-order chi connectivity index (χ1) is 15.7. The predicted molar refractivity (Wildman–Crippen MR) is 146 cm³/mol. The summed E-state index contributed by atoms with van der Waals surface area (Å²) in [6.07, 6.45) is 5.89. The molecule has 0 radical (unpaired) electrons. The third-order valence-electron chi connectivity index (χ3n) is 6.66. The van der Waals surface area contributed by atoms with Gasteiger partial charge in [-0.05, 0) is 75.1 Å². The van der Waals surface area contributed by atoms with Crippen molar-refractivity contribution in [1.82, 2.24) is 9.80 Å². The zero-order valence-electron chi connectivity index (χ0n) is 18.8. The van der Waals surface area contributed by atoms with Crippen LogP contribution in [0, 0.1) is 3.82 Å². The minimum Gasteiger partial charge on any atom is -0.507 e. The highest BCUT2D eigenvalue weighted by atomic mass is 35.5. The Hall–Kier alpha value is -1.28. The molecule has 0 bridgehead atoms. The maximum absolute atomic E-state index is 11.2. The Bertz CT molecular complexity index is 1080. The van der Waals surface area contributed by atoms with Crippen LogP contribution >= 0.6 is 45.3 Å². The monoisotopic (exact) mass is 518 g/mol. The Balaban J connectivity index is 0.00000259. The van der Waals surface area contributed by atoms with Crippen LogP contribution in [0.1, 0.15) is 47.9 Å². The van der Waals surface area contributed by atoms with Crippen molar-refractivity contribution in [3.05, 3.63) is 68.5 Å². The van der Waals surface area contributed by atoms with E-state index in [1.807, 2.05) is 0 Å². The van der Waals surface area contributed by atoms with Crippen LogP contribution < -0.4 is 0 Å². The highest BCUT2D eigenvalue weighted by molar-refractivity contribution is 7.80. The molecule has 5 rings (SSSR count). The van der Waals surface area contributed by atoms with Gasteiger partial charge < -0.3 is 5.11 Å². The maximum Gasteiger partial charge on any atom is 0.124 e. The van der Waals surface area contributed by atoms with Gasteiger partial charge >= 0.3 is 0 Å². The summed E-state index contributed by atoms with van der Waals surface area (Å²) in [6.45, 7) is 6.17. The van der Waals surface area contributed by atoms with E-state index in [0.717, 1.165) is 60.6 Å². The number of benzene rings is 2. The van der Waals surface area contributed by atoms with E-state index in [9.17, 15) is 5.11 Å². The van der Waals surface area contributed by atoms with Crippen molar-refractivity contribution < 1.29 is 5.11 Å². The standard InChI is InChI=1S/C26H30N2OS3.ClH/c29-24-21(17-27-10-4-5-11-27)15-20(16-22(24)18-28-12-6-7-13-28)25-23(26(30)32-31-25)14-19-8-2-1-3-9-19;/h1-3,8-9,15-16,29H,4-7,10-14,17-18H2;1H. The SMILES string of the molecule is Cl.Oc1c(CN2CCCC2)cc(-c2ssc(=S)c2Cc2ccccc2)cc1CN1CCCC1. The molecule has 2 saturated heterocycles. The van der Waals surface area contributed by atoms with Crippen LogP contribution in [-0.2, 0) is 19.5 Å². The molecule has 2 aromatic carbocycles. The number of nitrogens with zero attached hydrogens (tertiary/aromatic N) is 2. The average Bonchev–Trinajstić information content (AvgIpc) is 3.56. The van der Waals surface area contributed by atoms with Gasteiger partial charge in [-0.15, -0.1) is 12.4 Å². The van der Waals surface area contributed by atoms with E-state index in [1.54, 1.807) is 20.7 Å². The Kier molecular flexibility index (Phi) is 8.60. The molecule has 0 amide bonds. The maximum atomic E-state index is 11.2. The third kappa shape index (κ3) is 5.87. The van der Waals surface area contributed by atoms with Crippen molar-refractivity contribution in [3.8, 4) is 16.2 Å². The van der Waals surface area contributed by atoms with Gasteiger partial charge in [-0.2, -0.15) is 0 Å². The van der Waals surface area contributed by atoms with E-state index in [2.05, 4.69) is 52.3 Å². The Morgan fingerprint density at radius 2 is 1.36 bits per heavy atom. The molecule has 0 aliphatic carbocycles. The molecule has 1 N–H and O–H groups in total. The van der Waals surface area contributed by atoms with Gasteiger partial charge in [-0.3, -0.25) is 9.80 Å². The number of aromatic hydroxyl groups is 1. The van der Waals surface area contributed by atoms with Crippen molar-refractivity contribution in [2.24, 2.45) is 0 Å². The fraction of sp³-hybridized carbons (Fsp3) is 0.423. The molecule has 0 saturated carbocycles. The first kappa shape index (κ1) is 24.8. The van der Waals surface area contributed by atoms with Gasteiger partial charge in [0.25, 0.3) is 0 Å². The normalized spacial score (nSPS) is 16.8. The van der Waals surface area contributed by atoms with Crippen molar-refractivity contribution in [3.63, 3.8) is 0 Å². The smallest absolute Gasteiger partial charge is 0.124 e. The number of halogens is 1. The highest BCUT2D eigenvalue weighted by Crippen LogP contribution is 2.40. The zero-order valence-corrected chi connectivity index (χ0v) is 22.1. The van der Waals surface area contributed by atoms with E-state index in [-0.39, 0.29) is 12.4 Å². The van der Waals surface area contributed by atoms with Gasteiger partial charge in [-0.25, -0.2) is 0 Å². The predicted octanol–water partition coefficient (Wildman–Crippen LogP) is 7.12. The average molecular weight is 519 g/mol. The lowest BCUT2D eigenvalue weighted by Gasteiger charge is -2.21. The molecule has 3 nitrogen and oxygen atoms in total. The molecule has 0 spiro atoms. The lowest BCUT2D eigenvalue weighted by atomic mass is 9.98. The van der Waals surface area contributed by atoms with Crippen molar-refractivity contribution in [2.75, 3.05) is 26.2 Å². The summed E-state index contributed by atoms with van der Waals surface area (Å²) < 4.78 is 0.990. The first-order valence-electron chi connectivity index (χ1n) is 11.6. The van der Waals surface area contributed by atoms with Crippen molar-refractivity contribution in [2.45, 2.75) is 45.2 Å². The minimum absolute atomic E-state index is 0. The summed E-state index contributed by atoms with van der Waals surface area (Å²) in [5, 5.41) is 11.2. The topological polar surface area (TPSA) is 26.7 Å². The van der Waals surface area contributed by atoms with Gasteiger partial charge in [0.15, 0.2) is 0 Å². The Morgan fingerprint density at radius 1 is 0.818 bits per heavy atom. The molecule has 3 aromatic rings. The molecule has 3 heterocycles. The second-order valence-electron chi connectivity index (χ2n) is 9.03. The lowest BCUT2D eigenvalue weighted by molar-refractivity contribution is 0.312. The van der Waals surface area contributed by atoms with E-state index < -0.39 is 0 Å². The van der Waals surface area contributed by atoms with E-state index in [4.69, 9.17) is 12.2 Å².